The summed E-state index contributed by atoms with van der Waals surface area (Å²) in [5, 5.41) is 9.65. The van der Waals surface area contributed by atoms with Crippen molar-refractivity contribution in [3.8, 4) is 0 Å². The SMILES string of the molecule is Clc1cccc(CN2CCN(c3nccn4c(C5CC5)nnc34)CC2)c1. The fourth-order valence-electron chi connectivity index (χ4n) is 3.69. The molecule has 3 aromatic rings. The van der Waals surface area contributed by atoms with Crippen molar-refractivity contribution >= 4 is 23.1 Å². The summed E-state index contributed by atoms with van der Waals surface area (Å²) in [5.41, 5.74) is 2.15. The van der Waals surface area contributed by atoms with Crippen LogP contribution in [0.5, 0.6) is 0 Å². The lowest BCUT2D eigenvalue weighted by Crippen LogP contribution is -2.46. The zero-order valence-electron chi connectivity index (χ0n) is 14.6. The monoisotopic (exact) mass is 368 g/mol. The van der Waals surface area contributed by atoms with Gasteiger partial charge in [0.2, 0.25) is 5.65 Å². The van der Waals surface area contributed by atoms with Gasteiger partial charge in [0, 0.05) is 56.1 Å². The Kier molecular flexibility index (Phi) is 4.02. The first-order valence-corrected chi connectivity index (χ1v) is 9.57. The smallest absolute Gasteiger partial charge is 0.203 e. The summed E-state index contributed by atoms with van der Waals surface area (Å²) >= 11 is 6.10. The van der Waals surface area contributed by atoms with E-state index in [0.29, 0.717) is 5.92 Å². The van der Waals surface area contributed by atoms with Gasteiger partial charge in [-0.3, -0.25) is 9.30 Å². The van der Waals surface area contributed by atoms with Gasteiger partial charge in [0.25, 0.3) is 0 Å². The summed E-state index contributed by atoms with van der Waals surface area (Å²) in [4.78, 5) is 9.40. The molecule has 5 rings (SSSR count). The maximum Gasteiger partial charge on any atom is 0.203 e. The highest BCUT2D eigenvalue weighted by Crippen LogP contribution is 2.39. The molecule has 0 unspecified atom stereocenters. The van der Waals surface area contributed by atoms with Gasteiger partial charge in [0.1, 0.15) is 5.82 Å². The fraction of sp³-hybridized carbons (Fsp3) is 0.421. The van der Waals surface area contributed by atoms with E-state index in [1.54, 1.807) is 0 Å². The van der Waals surface area contributed by atoms with E-state index in [9.17, 15) is 0 Å². The average molecular weight is 369 g/mol. The van der Waals surface area contributed by atoms with Crippen LogP contribution >= 0.6 is 11.6 Å². The summed E-state index contributed by atoms with van der Waals surface area (Å²) in [7, 11) is 0. The molecule has 2 aromatic heterocycles. The number of nitrogens with zero attached hydrogens (tertiary/aromatic N) is 6. The number of aromatic nitrogens is 4. The molecule has 1 saturated heterocycles. The summed E-state index contributed by atoms with van der Waals surface area (Å²) in [6.07, 6.45) is 6.30. The first kappa shape index (κ1) is 16.0. The third-order valence-electron chi connectivity index (χ3n) is 5.24. The zero-order chi connectivity index (χ0) is 17.5. The number of hydrogen-bond donors (Lipinski definition) is 0. The summed E-state index contributed by atoms with van der Waals surface area (Å²) in [6, 6.07) is 8.12. The van der Waals surface area contributed by atoms with Crippen molar-refractivity contribution in [3.05, 3.63) is 53.1 Å². The minimum atomic E-state index is 0.579. The highest BCUT2D eigenvalue weighted by atomic mass is 35.5. The molecule has 7 heteroatoms. The first-order chi connectivity index (χ1) is 12.8. The summed E-state index contributed by atoms with van der Waals surface area (Å²) < 4.78 is 2.12. The van der Waals surface area contributed by atoms with Crippen LogP contribution in [0, 0.1) is 0 Å². The Bertz CT molecular complexity index is 927. The molecule has 2 aliphatic rings. The summed E-state index contributed by atoms with van der Waals surface area (Å²) in [5.74, 6) is 2.62. The second-order valence-electron chi connectivity index (χ2n) is 7.17. The lowest BCUT2D eigenvalue weighted by atomic mass is 10.2. The number of fused-ring (bicyclic) bond motifs is 1. The van der Waals surface area contributed by atoms with Crippen molar-refractivity contribution in [2.45, 2.75) is 25.3 Å². The largest absolute Gasteiger partial charge is 0.351 e. The van der Waals surface area contributed by atoms with Crippen LogP contribution in [0.1, 0.15) is 30.1 Å². The molecule has 1 saturated carbocycles. The van der Waals surface area contributed by atoms with Gasteiger partial charge in [-0.05, 0) is 30.5 Å². The molecule has 0 spiro atoms. The van der Waals surface area contributed by atoms with Crippen LogP contribution in [0.15, 0.2) is 36.7 Å². The molecule has 0 bridgehead atoms. The third-order valence-corrected chi connectivity index (χ3v) is 5.48. The van der Waals surface area contributed by atoms with E-state index >= 15 is 0 Å². The van der Waals surface area contributed by atoms with Gasteiger partial charge in [0.15, 0.2) is 5.82 Å². The van der Waals surface area contributed by atoms with Crippen molar-refractivity contribution in [2.24, 2.45) is 0 Å². The topological polar surface area (TPSA) is 49.6 Å². The van der Waals surface area contributed by atoms with E-state index in [1.807, 2.05) is 30.6 Å². The van der Waals surface area contributed by atoms with Crippen LogP contribution in [0.25, 0.3) is 5.65 Å². The maximum absolute atomic E-state index is 6.10. The Labute approximate surface area is 157 Å². The predicted molar refractivity (Wildman–Crippen MR) is 102 cm³/mol. The molecule has 3 heterocycles. The Balaban J connectivity index is 1.30. The molecule has 6 nitrogen and oxygen atoms in total. The molecule has 0 radical (unpaired) electrons. The van der Waals surface area contributed by atoms with Gasteiger partial charge < -0.3 is 4.90 Å². The normalized spacial score (nSPS) is 18.6. The molecule has 1 aliphatic carbocycles. The third kappa shape index (κ3) is 3.04. The molecule has 134 valence electrons. The standard InChI is InChI=1S/C19H21ClN6/c20-16-3-1-2-14(12-16)13-24-8-10-25(11-9-24)18-19-23-22-17(15-4-5-15)26(19)7-6-21-18/h1-3,6-7,12,15H,4-5,8-11,13H2. The van der Waals surface area contributed by atoms with Crippen LogP contribution < -0.4 is 4.90 Å². The number of rotatable bonds is 4. The van der Waals surface area contributed by atoms with Gasteiger partial charge >= 0.3 is 0 Å². The zero-order valence-corrected chi connectivity index (χ0v) is 15.3. The second kappa shape index (κ2) is 6.52. The Morgan fingerprint density at radius 2 is 1.92 bits per heavy atom. The van der Waals surface area contributed by atoms with Crippen LogP contribution in [0.3, 0.4) is 0 Å². The Hall–Kier alpha value is -2.18. The Morgan fingerprint density at radius 1 is 1.08 bits per heavy atom. The highest BCUT2D eigenvalue weighted by Gasteiger charge is 2.30. The molecule has 1 aromatic carbocycles. The highest BCUT2D eigenvalue weighted by molar-refractivity contribution is 6.30. The minimum Gasteiger partial charge on any atom is -0.351 e. The summed E-state index contributed by atoms with van der Waals surface area (Å²) in [6.45, 7) is 4.82. The maximum atomic E-state index is 6.10. The lowest BCUT2D eigenvalue weighted by Gasteiger charge is -2.35. The van der Waals surface area contributed by atoms with E-state index in [0.717, 1.165) is 55.0 Å². The molecular formula is C19H21ClN6. The van der Waals surface area contributed by atoms with E-state index < -0.39 is 0 Å². The predicted octanol–water partition coefficient (Wildman–Crippen LogP) is 2.98. The molecule has 0 atom stereocenters. The van der Waals surface area contributed by atoms with E-state index in [1.165, 1.54) is 18.4 Å². The van der Waals surface area contributed by atoms with E-state index in [4.69, 9.17) is 11.6 Å². The van der Waals surface area contributed by atoms with Crippen LogP contribution in [-0.2, 0) is 6.54 Å². The van der Waals surface area contributed by atoms with Gasteiger partial charge in [-0.15, -0.1) is 10.2 Å². The number of benzene rings is 1. The molecule has 26 heavy (non-hydrogen) atoms. The quantitative estimate of drug-likeness (QED) is 0.708. The van der Waals surface area contributed by atoms with Gasteiger partial charge in [-0.1, -0.05) is 23.7 Å². The van der Waals surface area contributed by atoms with E-state index in [2.05, 4.69) is 35.4 Å². The van der Waals surface area contributed by atoms with Crippen LogP contribution in [-0.4, -0.2) is 50.7 Å². The molecular weight excluding hydrogens is 348 g/mol. The molecule has 1 aliphatic heterocycles. The van der Waals surface area contributed by atoms with Crippen LogP contribution in [0.4, 0.5) is 5.82 Å². The molecule has 0 N–H and O–H groups in total. The van der Waals surface area contributed by atoms with Crippen molar-refractivity contribution < 1.29 is 0 Å². The first-order valence-electron chi connectivity index (χ1n) is 9.19. The number of piperazine rings is 1. The molecule has 2 fully saturated rings. The van der Waals surface area contributed by atoms with Gasteiger partial charge in [-0.25, -0.2) is 4.98 Å². The van der Waals surface area contributed by atoms with Gasteiger partial charge in [0.05, 0.1) is 0 Å². The van der Waals surface area contributed by atoms with Gasteiger partial charge in [-0.2, -0.15) is 0 Å². The van der Waals surface area contributed by atoms with Crippen molar-refractivity contribution in [1.82, 2.24) is 24.5 Å². The van der Waals surface area contributed by atoms with Crippen molar-refractivity contribution in [2.75, 3.05) is 31.1 Å². The van der Waals surface area contributed by atoms with Crippen LogP contribution in [0.2, 0.25) is 5.02 Å². The Morgan fingerprint density at radius 3 is 2.69 bits per heavy atom. The van der Waals surface area contributed by atoms with Crippen molar-refractivity contribution in [1.29, 1.82) is 0 Å². The molecule has 0 amide bonds. The fourth-order valence-corrected chi connectivity index (χ4v) is 3.90. The number of hydrogen-bond acceptors (Lipinski definition) is 5. The minimum absolute atomic E-state index is 0.579. The number of halogens is 1. The average Bonchev–Trinajstić information content (AvgIpc) is 3.41. The lowest BCUT2D eigenvalue weighted by molar-refractivity contribution is 0.249. The van der Waals surface area contributed by atoms with E-state index in [-0.39, 0.29) is 0 Å². The number of anilines is 1. The second-order valence-corrected chi connectivity index (χ2v) is 7.61. The van der Waals surface area contributed by atoms with Crippen molar-refractivity contribution in [3.63, 3.8) is 0 Å².